The minimum absolute atomic E-state index is 0.0149. The van der Waals surface area contributed by atoms with E-state index in [1.54, 1.807) is 6.92 Å². The van der Waals surface area contributed by atoms with E-state index in [1.807, 2.05) is 0 Å². The lowest BCUT2D eigenvalue weighted by atomic mass is 10.2. The Hall–Kier alpha value is -2.51. The van der Waals surface area contributed by atoms with E-state index in [2.05, 4.69) is 10.3 Å². The van der Waals surface area contributed by atoms with E-state index in [9.17, 15) is 14.5 Å². The first-order valence-corrected chi connectivity index (χ1v) is 5.19. The Labute approximate surface area is 101 Å². The minimum Gasteiger partial charge on any atom is -0.381 e. The molecule has 0 aliphatic rings. The van der Waals surface area contributed by atoms with E-state index < -0.39 is 10.7 Å². The van der Waals surface area contributed by atoms with Crippen molar-refractivity contribution >= 4 is 11.5 Å². The number of rotatable bonds is 3. The van der Waals surface area contributed by atoms with Gasteiger partial charge in [0.2, 0.25) is 0 Å². The van der Waals surface area contributed by atoms with Crippen LogP contribution in [0, 0.1) is 15.9 Å². The van der Waals surface area contributed by atoms with Crippen molar-refractivity contribution in [2.75, 3.05) is 5.73 Å². The molecule has 2 aromatic rings. The van der Waals surface area contributed by atoms with Crippen molar-refractivity contribution in [1.29, 1.82) is 0 Å². The highest BCUT2D eigenvalue weighted by molar-refractivity contribution is 5.54. The molecule has 94 valence electrons. The van der Waals surface area contributed by atoms with Gasteiger partial charge in [-0.15, -0.1) is 5.10 Å². The number of nitro groups is 1. The number of nitro benzene ring substituents is 1. The van der Waals surface area contributed by atoms with Crippen LogP contribution in [0.15, 0.2) is 18.2 Å². The molecule has 0 spiro atoms. The Morgan fingerprint density at radius 3 is 2.89 bits per heavy atom. The molecule has 8 heteroatoms. The maximum Gasteiger partial charge on any atom is 0.295 e. The van der Waals surface area contributed by atoms with E-state index in [0.717, 1.165) is 18.2 Å². The Morgan fingerprint density at radius 1 is 1.56 bits per heavy atom. The van der Waals surface area contributed by atoms with E-state index in [0.29, 0.717) is 12.1 Å². The van der Waals surface area contributed by atoms with Crippen LogP contribution in [0.5, 0.6) is 0 Å². The van der Waals surface area contributed by atoms with Crippen LogP contribution in [0.25, 0.3) is 5.69 Å². The second kappa shape index (κ2) is 4.40. The molecule has 7 nitrogen and oxygen atoms in total. The number of halogens is 1. The van der Waals surface area contributed by atoms with Crippen molar-refractivity contribution < 1.29 is 9.31 Å². The van der Waals surface area contributed by atoms with Crippen LogP contribution >= 0.6 is 0 Å². The number of aromatic nitrogens is 3. The third-order valence-corrected chi connectivity index (χ3v) is 2.49. The molecule has 1 heterocycles. The van der Waals surface area contributed by atoms with Crippen LogP contribution in [-0.2, 0) is 6.42 Å². The van der Waals surface area contributed by atoms with E-state index in [4.69, 9.17) is 5.73 Å². The molecular formula is C10H10FN5O2. The Morgan fingerprint density at radius 2 is 2.28 bits per heavy atom. The quantitative estimate of drug-likeness (QED) is 0.657. The van der Waals surface area contributed by atoms with Crippen LogP contribution in [0.1, 0.15) is 12.6 Å². The third-order valence-electron chi connectivity index (χ3n) is 2.49. The lowest BCUT2D eigenvalue weighted by Crippen LogP contribution is -2.06. The molecule has 2 N–H and O–H groups in total. The van der Waals surface area contributed by atoms with Crippen LogP contribution < -0.4 is 5.73 Å². The summed E-state index contributed by atoms with van der Waals surface area (Å²) < 4.78 is 14.4. The topological polar surface area (TPSA) is 99.9 Å². The van der Waals surface area contributed by atoms with Gasteiger partial charge in [-0.1, -0.05) is 12.1 Å². The number of benzene rings is 1. The molecule has 1 aromatic carbocycles. The first kappa shape index (κ1) is 12.0. The molecule has 2 rings (SSSR count). The average molecular weight is 251 g/mol. The highest BCUT2D eigenvalue weighted by Gasteiger charge is 2.20. The molecule has 0 atom stereocenters. The second-order valence-corrected chi connectivity index (χ2v) is 3.58. The molecule has 0 aliphatic heterocycles. The molecule has 18 heavy (non-hydrogen) atoms. The van der Waals surface area contributed by atoms with Gasteiger partial charge >= 0.3 is 0 Å². The zero-order valence-electron chi connectivity index (χ0n) is 9.50. The van der Waals surface area contributed by atoms with Gasteiger partial charge in [-0.05, 0) is 12.5 Å². The summed E-state index contributed by atoms with van der Waals surface area (Å²) >= 11 is 0. The SMILES string of the molecule is CCc1c(N)nnn1-c1cc(F)ccc1[N+](=O)[O-]. The molecule has 0 aliphatic carbocycles. The fourth-order valence-electron chi connectivity index (χ4n) is 1.66. The highest BCUT2D eigenvalue weighted by atomic mass is 19.1. The summed E-state index contributed by atoms with van der Waals surface area (Å²) in [7, 11) is 0. The lowest BCUT2D eigenvalue weighted by molar-refractivity contribution is -0.384. The van der Waals surface area contributed by atoms with E-state index in [-0.39, 0.29) is 17.2 Å². The van der Waals surface area contributed by atoms with Crippen LogP contribution in [0.2, 0.25) is 0 Å². The van der Waals surface area contributed by atoms with Gasteiger partial charge in [-0.2, -0.15) is 0 Å². The predicted molar refractivity (Wildman–Crippen MR) is 61.8 cm³/mol. The number of hydrogen-bond donors (Lipinski definition) is 1. The van der Waals surface area contributed by atoms with Gasteiger partial charge in [-0.25, -0.2) is 9.07 Å². The Balaban J connectivity index is 2.69. The number of anilines is 1. The highest BCUT2D eigenvalue weighted by Crippen LogP contribution is 2.25. The van der Waals surface area contributed by atoms with Gasteiger partial charge in [0, 0.05) is 12.1 Å². The average Bonchev–Trinajstić information content (AvgIpc) is 2.69. The van der Waals surface area contributed by atoms with Crippen LogP contribution in [-0.4, -0.2) is 19.9 Å². The normalized spacial score (nSPS) is 10.6. The maximum absolute atomic E-state index is 13.2. The summed E-state index contributed by atoms with van der Waals surface area (Å²) in [6.07, 6.45) is 0.479. The van der Waals surface area contributed by atoms with Gasteiger partial charge < -0.3 is 5.73 Å². The van der Waals surface area contributed by atoms with Crippen molar-refractivity contribution in [1.82, 2.24) is 15.0 Å². The van der Waals surface area contributed by atoms with Crippen LogP contribution in [0.3, 0.4) is 0 Å². The monoisotopic (exact) mass is 251 g/mol. The zero-order chi connectivity index (χ0) is 13.3. The molecule has 0 fully saturated rings. The molecule has 0 amide bonds. The molecule has 0 bridgehead atoms. The summed E-state index contributed by atoms with van der Waals surface area (Å²) in [6, 6.07) is 3.14. The number of hydrogen-bond acceptors (Lipinski definition) is 5. The molecule has 0 radical (unpaired) electrons. The van der Waals surface area contributed by atoms with Crippen molar-refractivity contribution in [2.45, 2.75) is 13.3 Å². The maximum atomic E-state index is 13.2. The number of nitrogen functional groups attached to an aromatic ring is 1. The Kier molecular flexibility index (Phi) is 2.92. The largest absolute Gasteiger partial charge is 0.381 e. The summed E-state index contributed by atoms with van der Waals surface area (Å²) in [5.74, 6) is -0.414. The summed E-state index contributed by atoms with van der Waals surface area (Å²) in [5.41, 5.74) is 5.86. The smallest absolute Gasteiger partial charge is 0.295 e. The second-order valence-electron chi connectivity index (χ2n) is 3.58. The first-order valence-electron chi connectivity index (χ1n) is 5.19. The molecular weight excluding hydrogens is 241 g/mol. The number of nitrogens with two attached hydrogens (primary N) is 1. The Bertz CT molecular complexity index is 610. The van der Waals surface area contributed by atoms with Crippen molar-refractivity contribution in [3.8, 4) is 5.69 Å². The van der Waals surface area contributed by atoms with Gasteiger partial charge in [0.15, 0.2) is 5.82 Å². The summed E-state index contributed by atoms with van der Waals surface area (Å²) in [6.45, 7) is 1.80. The molecule has 0 saturated heterocycles. The molecule has 1 aromatic heterocycles. The first-order chi connectivity index (χ1) is 8.54. The van der Waals surface area contributed by atoms with Crippen molar-refractivity contribution in [2.24, 2.45) is 0 Å². The standard InChI is InChI=1S/C10H10FN5O2/c1-2-7-10(12)13-14-15(7)9-5-6(11)3-4-8(9)16(17)18/h3-5H,2,12H2,1H3. The van der Waals surface area contributed by atoms with Gasteiger partial charge in [-0.3, -0.25) is 10.1 Å². The molecule has 0 unspecified atom stereocenters. The van der Waals surface area contributed by atoms with E-state index >= 15 is 0 Å². The van der Waals surface area contributed by atoms with Crippen LogP contribution in [0.4, 0.5) is 15.9 Å². The molecule has 0 saturated carbocycles. The fourth-order valence-corrected chi connectivity index (χ4v) is 1.66. The van der Waals surface area contributed by atoms with Gasteiger partial charge in [0.1, 0.15) is 11.5 Å². The van der Waals surface area contributed by atoms with E-state index in [1.165, 1.54) is 4.68 Å². The van der Waals surface area contributed by atoms with Crippen molar-refractivity contribution in [3.05, 3.63) is 39.8 Å². The number of nitrogens with zero attached hydrogens (tertiary/aromatic N) is 4. The minimum atomic E-state index is -0.605. The lowest BCUT2D eigenvalue weighted by Gasteiger charge is -2.05. The van der Waals surface area contributed by atoms with Gasteiger partial charge in [0.25, 0.3) is 5.69 Å². The van der Waals surface area contributed by atoms with Gasteiger partial charge in [0.05, 0.1) is 10.6 Å². The predicted octanol–water partition coefficient (Wildman–Crippen LogP) is 1.46. The third kappa shape index (κ3) is 1.88. The zero-order valence-corrected chi connectivity index (χ0v) is 9.50. The fraction of sp³-hybridized carbons (Fsp3) is 0.200. The van der Waals surface area contributed by atoms with Crippen molar-refractivity contribution in [3.63, 3.8) is 0 Å². The summed E-state index contributed by atoms with van der Waals surface area (Å²) in [4.78, 5) is 10.3. The summed E-state index contributed by atoms with van der Waals surface area (Å²) in [5, 5.41) is 18.3.